The van der Waals surface area contributed by atoms with E-state index in [1.54, 1.807) is 6.20 Å². The molecule has 3 N–H and O–H groups in total. The van der Waals surface area contributed by atoms with Gasteiger partial charge in [0, 0.05) is 18.0 Å². The first-order chi connectivity index (χ1) is 5.25. The van der Waals surface area contributed by atoms with Gasteiger partial charge in [-0.3, -0.25) is 0 Å². The summed E-state index contributed by atoms with van der Waals surface area (Å²) in [4.78, 5) is 0. The second-order valence-corrected chi connectivity index (χ2v) is 2.69. The quantitative estimate of drug-likeness (QED) is 0.563. The maximum atomic E-state index is 5.60. The zero-order valence-electron chi connectivity index (χ0n) is 6.33. The Kier molecular flexibility index (Phi) is 1.15. The van der Waals surface area contributed by atoms with Gasteiger partial charge >= 0.3 is 0 Å². The summed E-state index contributed by atoms with van der Waals surface area (Å²) in [5, 5.41) is 7.28. The molecule has 2 rings (SSSR count). The first kappa shape index (κ1) is 6.27. The maximum absolute atomic E-state index is 5.60. The van der Waals surface area contributed by atoms with Crippen molar-refractivity contribution in [3.05, 3.63) is 23.7 Å². The number of anilines is 1. The van der Waals surface area contributed by atoms with Gasteiger partial charge in [-0.05, 0) is 6.92 Å². The van der Waals surface area contributed by atoms with Gasteiger partial charge in [0.2, 0.25) is 0 Å². The Morgan fingerprint density at radius 2 is 2.55 bits per heavy atom. The zero-order valence-corrected chi connectivity index (χ0v) is 6.33. The van der Waals surface area contributed by atoms with E-state index in [-0.39, 0.29) is 0 Å². The molecule has 0 aliphatic carbocycles. The van der Waals surface area contributed by atoms with Crippen molar-refractivity contribution in [2.45, 2.75) is 13.5 Å². The van der Waals surface area contributed by atoms with E-state index in [9.17, 15) is 0 Å². The highest BCUT2D eigenvalue weighted by molar-refractivity contribution is 5.43. The van der Waals surface area contributed by atoms with Gasteiger partial charge in [-0.25, -0.2) is 4.68 Å². The summed E-state index contributed by atoms with van der Waals surface area (Å²) in [6.45, 7) is 2.65. The molecule has 11 heavy (non-hydrogen) atoms. The van der Waals surface area contributed by atoms with Crippen LogP contribution < -0.4 is 11.1 Å². The minimum absolute atomic E-state index is 0.691. The number of hydrogen-bond acceptors (Lipinski definition) is 3. The minimum atomic E-state index is 0.691. The fourth-order valence-electron chi connectivity index (χ4n) is 1.17. The molecule has 0 aromatic carbocycles. The van der Waals surface area contributed by atoms with Crippen LogP contribution in [0.2, 0.25) is 0 Å². The predicted molar refractivity (Wildman–Crippen MR) is 42.9 cm³/mol. The first-order valence-corrected chi connectivity index (χ1v) is 3.51. The van der Waals surface area contributed by atoms with E-state index in [0.717, 1.165) is 17.2 Å². The minimum Gasteiger partial charge on any atom is -0.399 e. The van der Waals surface area contributed by atoms with E-state index >= 15 is 0 Å². The van der Waals surface area contributed by atoms with E-state index in [2.05, 4.69) is 10.4 Å². The number of hydrogen-bond donors (Lipinski definition) is 2. The van der Waals surface area contributed by atoms with E-state index in [0.29, 0.717) is 6.54 Å². The van der Waals surface area contributed by atoms with E-state index in [1.165, 1.54) is 0 Å². The van der Waals surface area contributed by atoms with Crippen LogP contribution in [0.3, 0.4) is 0 Å². The second kappa shape index (κ2) is 2.02. The van der Waals surface area contributed by atoms with Gasteiger partial charge in [0.1, 0.15) is 5.82 Å². The van der Waals surface area contributed by atoms with Crippen molar-refractivity contribution in [3.63, 3.8) is 0 Å². The highest BCUT2D eigenvalue weighted by Crippen LogP contribution is 2.14. The highest BCUT2D eigenvalue weighted by Gasteiger charge is 2.08. The molecule has 0 saturated carbocycles. The summed E-state index contributed by atoms with van der Waals surface area (Å²) < 4.78 is 1.85. The van der Waals surface area contributed by atoms with Crippen LogP contribution in [0, 0.1) is 6.92 Å². The van der Waals surface area contributed by atoms with E-state index in [1.807, 2.05) is 17.7 Å². The Morgan fingerprint density at radius 1 is 1.73 bits per heavy atom. The van der Waals surface area contributed by atoms with Crippen molar-refractivity contribution in [1.82, 2.24) is 9.78 Å². The smallest absolute Gasteiger partial charge is 0.128 e. The molecular weight excluding hydrogens is 140 g/mol. The van der Waals surface area contributed by atoms with Crippen molar-refractivity contribution in [3.8, 4) is 0 Å². The summed E-state index contributed by atoms with van der Waals surface area (Å²) >= 11 is 0. The number of aryl methyl sites for hydroxylation is 1. The lowest BCUT2D eigenvalue weighted by molar-refractivity contribution is 0.661. The lowest BCUT2D eigenvalue weighted by atomic mass is 10.4. The Morgan fingerprint density at radius 3 is 3.36 bits per heavy atom. The summed E-state index contributed by atoms with van der Waals surface area (Å²) in [5.74, 6) is 1.01. The normalized spacial score (nSPS) is 15.2. The molecule has 58 valence electrons. The lowest BCUT2D eigenvalue weighted by Crippen LogP contribution is -2.17. The maximum Gasteiger partial charge on any atom is 0.128 e. The Balaban J connectivity index is 2.40. The van der Waals surface area contributed by atoms with Crippen LogP contribution in [0.5, 0.6) is 0 Å². The van der Waals surface area contributed by atoms with Crippen molar-refractivity contribution in [2.24, 2.45) is 5.73 Å². The van der Waals surface area contributed by atoms with Crippen molar-refractivity contribution in [1.29, 1.82) is 0 Å². The standard InChI is InChI=1S/C7H10N4/c1-5-2-7-9-3-6(8)4-11(7)10-5/h2-3,9H,4,8H2,1H3. The molecule has 1 aromatic rings. The summed E-state index contributed by atoms with van der Waals surface area (Å²) in [7, 11) is 0. The Hall–Kier alpha value is -1.45. The SMILES string of the molecule is Cc1cc2n(n1)CC(N)=CN2. The highest BCUT2D eigenvalue weighted by atomic mass is 15.3. The fraction of sp³-hybridized carbons (Fsp3) is 0.286. The van der Waals surface area contributed by atoms with Gasteiger partial charge < -0.3 is 11.1 Å². The van der Waals surface area contributed by atoms with Gasteiger partial charge in [0.15, 0.2) is 0 Å². The number of fused-ring (bicyclic) bond motifs is 1. The topological polar surface area (TPSA) is 55.9 Å². The lowest BCUT2D eigenvalue weighted by Gasteiger charge is -2.12. The van der Waals surface area contributed by atoms with Gasteiger partial charge in [-0.2, -0.15) is 5.10 Å². The molecular formula is C7H10N4. The van der Waals surface area contributed by atoms with E-state index in [4.69, 9.17) is 5.73 Å². The molecule has 0 spiro atoms. The first-order valence-electron chi connectivity index (χ1n) is 3.51. The average molecular weight is 150 g/mol. The molecule has 0 saturated heterocycles. The third-order valence-electron chi connectivity index (χ3n) is 1.64. The summed E-state index contributed by atoms with van der Waals surface area (Å²) in [6, 6.07) is 1.99. The molecule has 4 nitrogen and oxygen atoms in total. The number of nitrogens with one attached hydrogen (secondary N) is 1. The predicted octanol–water partition coefficient (Wildman–Crippen LogP) is 0.417. The fourth-order valence-corrected chi connectivity index (χ4v) is 1.17. The van der Waals surface area contributed by atoms with Crippen LogP contribution in [0.1, 0.15) is 5.69 Å². The monoisotopic (exact) mass is 150 g/mol. The summed E-state index contributed by atoms with van der Waals surface area (Å²) in [6.07, 6.45) is 1.80. The molecule has 1 aromatic heterocycles. The third kappa shape index (κ3) is 0.960. The molecule has 0 atom stereocenters. The van der Waals surface area contributed by atoms with Gasteiger partial charge in [0.25, 0.3) is 0 Å². The van der Waals surface area contributed by atoms with Crippen molar-refractivity contribution < 1.29 is 0 Å². The van der Waals surface area contributed by atoms with Crippen LogP contribution in [0.15, 0.2) is 18.0 Å². The molecule has 0 amide bonds. The molecule has 1 aliphatic rings. The Labute approximate surface area is 64.7 Å². The van der Waals surface area contributed by atoms with Crippen LogP contribution >= 0.6 is 0 Å². The average Bonchev–Trinajstić information content (AvgIpc) is 2.27. The van der Waals surface area contributed by atoms with Crippen LogP contribution in [-0.4, -0.2) is 9.78 Å². The molecule has 0 bridgehead atoms. The largest absolute Gasteiger partial charge is 0.399 e. The number of nitrogens with zero attached hydrogens (tertiary/aromatic N) is 2. The second-order valence-electron chi connectivity index (χ2n) is 2.69. The van der Waals surface area contributed by atoms with Gasteiger partial charge in [-0.1, -0.05) is 0 Å². The van der Waals surface area contributed by atoms with Crippen LogP contribution in [-0.2, 0) is 6.54 Å². The van der Waals surface area contributed by atoms with Crippen LogP contribution in [0.4, 0.5) is 5.82 Å². The van der Waals surface area contributed by atoms with Crippen molar-refractivity contribution in [2.75, 3.05) is 5.32 Å². The molecule has 4 heteroatoms. The number of rotatable bonds is 0. The third-order valence-corrected chi connectivity index (χ3v) is 1.64. The Bertz CT molecular complexity index is 310. The van der Waals surface area contributed by atoms with Gasteiger partial charge in [0.05, 0.1) is 12.2 Å². The number of nitrogens with two attached hydrogens (primary N) is 1. The van der Waals surface area contributed by atoms with E-state index < -0.39 is 0 Å². The molecule has 0 radical (unpaired) electrons. The molecule has 0 fully saturated rings. The number of aromatic nitrogens is 2. The molecule has 0 unspecified atom stereocenters. The number of allylic oxidation sites excluding steroid dienone is 1. The van der Waals surface area contributed by atoms with Crippen LogP contribution in [0.25, 0.3) is 0 Å². The van der Waals surface area contributed by atoms with Gasteiger partial charge in [-0.15, -0.1) is 0 Å². The molecule has 1 aliphatic heterocycles. The zero-order chi connectivity index (χ0) is 7.84. The summed E-state index contributed by atoms with van der Waals surface area (Å²) in [5.41, 5.74) is 7.41. The van der Waals surface area contributed by atoms with Crippen molar-refractivity contribution >= 4 is 5.82 Å². The molecule has 2 heterocycles.